The molecule has 0 amide bonds. The highest BCUT2D eigenvalue weighted by Crippen LogP contribution is 2.22. The fourth-order valence-corrected chi connectivity index (χ4v) is 3.43. The van der Waals surface area contributed by atoms with Crippen LogP contribution in [-0.4, -0.2) is 62.6 Å². The van der Waals surface area contributed by atoms with Crippen molar-refractivity contribution in [1.29, 1.82) is 0 Å². The van der Waals surface area contributed by atoms with Gasteiger partial charge in [-0.15, -0.1) is 0 Å². The van der Waals surface area contributed by atoms with Gasteiger partial charge in [-0.2, -0.15) is 0 Å². The standard InChI is InChI=1S/C20H34N2O3/c1-22(18-9-4-3-5-10-18)15-19(23)16-25-20-11-7-6-8-17(20)14-21-12-13-24-2/h6-8,11,18-19,21,23H,3-5,9-10,12-16H2,1-2H3. The second-order valence-corrected chi connectivity index (χ2v) is 6.97. The molecule has 0 saturated heterocycles. The monoisotopic (exact) mass is 350 g/mol. The third kappa shape index (κ3) is 7.32. The van der Waals surface area contributed by atoms with E-state index < -0.39 is 6.10 Å². The molecule has 0 aliphatic heterocycles. The lowest BCUT2D eigenvalue weighted by atomic mass is 9.94. The maximum Gasteiger partial charge on any atom is 0.123 e. The van der Waals surface area contributed by atoms with Crippen molar-refractivity contribution in [1.82, 2.24) is 10.2 Å². The van der Waals surface area contributed by atoms with Gasteiger partial charge in [0.2, 0.25) is 0 Å². The fourth-order valence-electron chi connectivity index (χ4n) is 3.43. The van der Waals surface area contributed by atoms with Crippen LogP contribution >= 0.6 is 0 Å². The van der Waals surface area contributed by atoms with Crippen LogP contribution < -0.4 is 10.1 Å². The number of para-hydroxylation sites is 1. The Morgan fingerprint density at radius 1 is 1.24 bits per heavy atom. The molecule has 1 fully saturated rings. The van der Waals surface area contributed by atoms with Gasteiger partial charge in [0.15, 0.2) is 0 Å². The summed E-state index contributed by atoms with van der Waals surface area (Å²) in [6.45, 7) is 3.22. The summed E-state index contributed by atoms with van der Waals surface area (Å²) in [5.74, 6) is 0.840. The molecule has 1 aliphatic carbocycles. The van der Waals surface area contributed by atoms with E-state index in [0.29, 0.717) is 25.8 Å². The summed E-state index contributed by atoms with van der Waals surface area (Å²) in [7, 11) is 3.82. The molecule has 0 radical (unpaired) electrons. The average molecular weight is 351 g/mol. The highest BCUT2D eigenvalue weighted by atomic mass is 16.5. The highest BCUT2D eigenvalue weighted by molar-refractivity contribution is 5.33. The number of hydrogen-bond acceptors (Lipinski definition) is 5. The Morgan fingerprint density at radius 3 is 2.76 bits per heavy atom. The quantitative estimate of drug-likeness (QED) is 0.600. The molecule has 1 aromatic rings. The molecule has 2 rings (SSSR count). The van der Waals surface area contributed by atoms with Crippen LogP contribution in [0.3, 0.4) is 0 Å². The molecular formula is C20H34N2O3. The van der Waals surface area contributed by atoms with E-state index in [0.717, 1.165) is 24.4 Å². The van der Waals surface area contributed by atoms with Crippen LogP contribution in [0.1, 0.15) is 37.7 Å². The number of ether oxygens (including phenoxy) is 2. The first-order valence-corrected chi connectivity index (χ1v) is 9.49. The van der Waals surface area contributed by atoms with Crippen molar-refractivity contribution in [3.05, 3.63) is 29.8 Å². The molecule has 0 spiro atoms. The van der Waals surface area contributed by atoms with Gasteiger partial charge in [-0.3, -0.25) is 0 Å². The molecule has 0 aromatic heterocycles. The summed E-state index contributed by atoms with van der Waals surface area (Å²) in [4.78, 5) is 2.30. The number of rotatable bonds is 11. The molecule has 1 aromatic carbocycles. The van der Waals surface area contributed by atoms with Crippen LogP contribution in [0, 0.1) is 0 Å². The molecule has 1 unspecified atom stereocenters. The molecule has 142 valence electrons. The Balaban J connectivity index is 1.75. The Morgan fingerprint density at radius 2 is 2.00 bits per heavy atom. The SMILES string of the molecule is COCCNCc1ccccc1OCC(O)CN(C)C1CCCCC1. The summed E-state index contributed by atoms with van der Waals surface area (Å²) in [5.41, 5.74) is 1.10. The molecule has 0 heterocycles. The second kappa shape index (κ2) is 11.5. The first kappa shape index (κ1) is 20.2. The van der Waals surface area contributed by atoms with Crippen LogP contribution in [0.4, 0.5) is 0 Å². The smallest absolute Gasteiger partial charge is 0.123 e. The lowest BCUT2D eigenvalue weighted by molar-refractivity contribution is 0.0558. The van der Waals surface area contributed by atoms with Crippen LogP contribution in [0.2, 0.25) is 0 Å². The molecule has 1 saturated carbocycles. The third-order valence-electron chi connectivity index (χ3n) is 4.90. The molecule has 5 nitrogen and oxygen atoms in total. The first-order valence-electron chi connectivity index (χ1n) is 9.49. The van der Waals surface area contributed by atoms with Gasteiger partial charge in [0, 0.05) is 38.3 Å². The van der Waals surface area contributed by atoms with Gasteiger partial charge in [-0.1, -0.05) is 37.5 Å². The Bertz CT molecular complexity index is 478. The predicted octanol–water partition coefficient (Wildman–Crippen LogP) is 2.43. The van der Waals surface area contributed by atoms with Crippen LogP contribution in [-0.2, 0) is 11.3 Å². The molecular weight excluding hydrogens is 316 g/mol. The summed E-state index contributed by atoms with van der Waals surface area (Å²) in [6.07, 6.45) is 6.00. The normalized spacial score (nSPS) is 17.0. The van der Waals surface area contributed by atoms with Crippen molar-refractivity contribution in [2.45, 2.75) is 50.8 Å². The summed E-state index contributed by atoms with van der Waals surface area (Å²) in [6, 6.07) is 8.60. The average Bonchev–Trinajstić information content (AvgIpc) is 2.65. The van der Waals surface area contributed by atoms with Gasteiger partial charge in [-0.25, -0.2) is 0 Å². The summed E-state index contributed by atoms with van der Waals surface area (Å²) in [5, 5.41) is 13.7. The highest BCUT2D eigenvalue weighted by Gasteiger charge is 2.20. The number of aliphatic hydroxyl groups excluding tert-OH is 1. The zero-order chi connectivity index (χ0) is 17.9. The fraction of sp³-hybridized carbons (Fsp3) is 0.700. The number of methoxy groups -OCH3 is 1. The lowest BCUT2D eigenvalue weighted by Crippen LogP contribution is -2.40. The van der Waals surface area contributed by atoms with E-state index in [1.165, 1.54) is 32.1 Å². The minimum atomic E-state index is -0.471. The molecule has 2 N–H and O–H groups in total. The Labute approximate surface area is 152 Å². The third-order valence-corrected chi connectivity index (χ3v) is 4.90. The molecule has 25 heavy (non-hydrogen) atoms. The minimum Gasteiger partial charge on any atom is -0.491 e. The lowest BCUT2D eigenvalue weighted by Gasteiger charge is -2.32. The topological polar surface area (TPSA) is 54.0 Å². The summed E-state index contributed by atoms with van der Waals surface area (Å²) < 4.78 is 10.9. The van der Waals surface area contributed by atoms with E-state index in [4.69, 9.17) is 9.47 Å². The van der Waals surface area contributed by atoms with Gasteiger partial charge in [0.05, 0.1) is 6.61 Å². The van der Waals surface area contributed by atoms with Crippen LogP contribution in [0.15, 0.2) is 24.3 Å². The van der Waals surface area contributed by atoms with E-state index in [1.807, 2.05) is 18.2 Å². The van der Waals surface area contributed by atoms with Crippen LogP contribution in [0.5, 0.6) is 5.75 Å². The number of hydrogen-bond donors (Lipinski definition) is 2. The van der Waals surface area contributed by atoms with Crippen molar-refractivity contribution in [3.8, 4) is 5.75 Å². The van der Waals surface area contributed by atoms with Crippen molar-refractivity contribution in [2.75, 3.05) is 40.5 Å². The number of benzene rings is 1. The maximum atomic E-state index is 10.3. The molecule has 0 bridgehead atoms. The van der Waals surface area contributed by atoms with Crippen molar-refractivity contribution >= 4 is 0 Å². The zero-order valence-electron chi connectivity index (χ0n) is 15.7. The Kier molecular flexibility index (Phi) is 9.26. The van der Waals surface area contributed by atoms with E-state index >= 15 is 0 Å². The van der Waals surface area contributed by atoms with Gasteiger partial charge in [0.1, 0.15) is 18.5 Å². The van der Waals surface area contributed by atoms with Crippen molar-refractivity contribution < 1.29 is 14.6 Å². The predicted molar refractivity (Wildman–Crippen MR) is 101 cm³/mol. The van der Waals surface area contributed by atoms with Crippen molar-refractivity contribution in [3.63, 3.8) is 0 Å². The van der Waals surface area contributed by atoms with Crippen molar-refractivity contribution in [2.24, 2.45) is 0 Å². The van der Waals surface area contributed by atoms with E-state index in [9.17, 15) is 5.11 Å². The van der Waals surface area contributed by atoms with Gasteiger partial charge in [0.25, 0.3) is 0 Å². The minimum absolute atomic E-state index is 0.326. The molecule has 5 heteroatoms. The van der Waals surface area contributed by atoms with Gasteiger partial charge < -0.3 is 24.8 Å². The first-order chi connectivity index (χ1) is 12.2. The zero-order valence-corrected chi connectivity index (χ0v) is 15.7. The number of likely N-dealkylation sites (N-methyl/N-ethyl adjacent to an activating group) is 1. The Hall–Kier alpha value is -1.14. The van der Waals surface area contributed by atoms with Gasteiger partial charge in [-0.05, 0) is 26.0 Å². The number of nitrogens with one attached hydrogen (secondary N) is 1. The number of nitrogens with zero attached hydrogens (tertiary/aromatic N) is 1. The maximum absolute atomic E-state index is 10.3. The number of aliphatic hydroxyl groups is 1. The molecule has 1 atom stereocenters. The van der Waals surface area contributed by atoms with Crippen LogP contribution in [0.25, 0.3) is 0 Å². The summed E-state index contributed by atoms with van der Waals surface area (Å²) >= 11 is 0. The molecule has 1 aliphatic rings. The van der Waals surface area contributed by atoms with E-state index in [2.05, 4.69) is 23.3 Å². The van der Waals surface area contributed by atoms with Gasteiger partial charge >= 0.3 is 0 Å². The van der Waals surface area contributed by atoms with E-state index in [1.54, 1.807) is 7.11 Å². The second-order valence-electron chi connectivity index (χ2n) is 6.97. The van der Waals surface area contributed by atoms with E-state index in [-0.39, 0.29) is 0 Å². The largest absolute Gasteiger partial charge is 0.491 e.